The molecule has 0 aromatic heterocycles. The Bertz CT molecular complexity index is 430. The first-order valence-electron chi connectivity index (χ1n) is 4.96. The summed E-state index contributed by atoms with van der Waals surface area (Å²) in [5.74, 6) is -0.414. The molecule has 86 valence electrons. The number of nitrogens with one attached hydrogen (secondary N) is 1. The smallest absolute Gasteiger partial charge is 0.321 e. The summed E-state index contributed by atoms with van der Waals surface area (Å²) in [7, 11) is 1.48. The van der Waals surface area contributed by atoms with Crippen LogP contribution in [0.4, 0.5) is 0 Å². The Morgan fingerprint density at radius 1 is 1.50 bits per heavy atom. The molecule has 5 heteroatoms. The lowest BCUT2D eigenvalue weighted by atomic mass is 9.95. The van der Waals surface area contributed by atoms with Crippen LogP contribution in [0.25, 0.3) is 0 Å². The van der Waals surface area contributed by atoms with Crippen LogP contribution in [0.3, 0.4) is 0 Å². The second kappa shape index (κ2) is 4.02. The number of benzene rings is 1. The lowest BCUT2D eigenvalue weighted by Gasteiger charge is -2.23. The van der Waals surface area contributed by atoms with Crippen molar-refractivity contribution in [2.24, 2.45) is 0 Å². The maximum atomic E-state index is 10.8. The summed E-state index contributed by atoms with van der Waals surface area (Å²) < 4.78 is 4.99. The van der Waals surface area contributed by atoms with Gasteiger partial charge in [-0.05, 0) is 29.7 Å². The zero-order chi connectivity index (χ0) is 11.7. The average Bonchev–Trinajstić information content (AvgIpc) is 2.27. The van der Waals surface area contributed by atoms with Gasteiger partial charge in [0.2, 0.25) is 0 Å². The van der Waals surface area contributed by atoms with Crippen LogP contribution in [0.2, 0.25) is 0 Å². The van der Waals surface area contributed by atoms with Crippen LogP contribution in [0.5, 0.6) is 11.5 Å². The molecule has 0 saturated carbocycles. The van der Waals surface area contributed by atoms with E-state index < -0.39 is 12.0 Å². The van der Waals surface area contributed by atoms with Crippen molar-refractivity contribution in [2.45, 2.75) is 19.0 Å². The van der Waals surface area contributed by atoms with E-state index in [-0.39, 0.29) is 5.75 Å². The summed E-state index contributed by atoms with van der Waals surface area (Å²) in [6.07, 6.45) is 0.377. The standard InChI is InChI=1S/C11H13NO4/c1-16-10-4-7-5-12-8(11(14)15)2-6(7)3-9(10)13/h3-4,8,12-13H,2,5H2,1H3,(H,14,15). The summed E-state index contributed by atoms with van der Waals surface area (Å²) in [6, 6.07) is 2.72. The Hall–Kier alpha value is -1.75. The molecule has 0 saturated heterocycles. The van der Waals surface area contributed by atoms with Gasteiger partial charge in [0, 0.05) is 6.54 Å². The number of carboxylic acids is 1. The zero-order valence-corrected chi connectivity index (χ0v) is 8.86. The average molecular weight is 223 g/mol. The molecule has 0 spiro atoms. The highest BCUT2D eigenvalue weighted by Gasteiger charge is 2.24. The summed E-state index contributed by atoms with van der Waals surface area (Å²) in [5.41, 5.74) is 1.82. The number of aliphatic carboxylic acids is 1. The van der Waals surface area contributed by atoms with Crippen LogP contribution in [0.1, 0.15) is 11.1 Å². The Morgan fingerprint density at radius 3 is 2.88 bits per heavy atom. The highest BCUT2D eigenvalue weighted by Crippen LogP contribution is 2.31. The van der Waals surface area contributed by atoms with Crippen LogP contribution in [0, 0.1) is 0 Å². The van der Waals surface area contributed by atoms with E-state index >= 15 is 0 Å². The number of aromatic hydroxyl groups is 1. The first-order chi connectivity index (χ1) is 7.61. The van der Waals surface area contributed by atoms with Gasteiger partial charge >= 0.3 is 5.97 Å². The van der Waals surface area contributed by atoms with Gasteiger partial charge in [-0.15, -0.1) is 0 Å². The highest BCUT2D eigenvalue weighted by molar-refractivity contribution is 5.74. The molecule has 1 aliphatic rings. The molecule has 1 aromatic rings. The van der Waals surface area contributed by atoms with E-state index in [0.717, 1.165) is 11.1 Å². The van der Waals surface area contributed by atoms with Crippen molar-refractivity contribution >= 4 is 5.97 Å². The molecule has 1 aromatic carbocycles. The van der Waals surface area contributed by atoms with Crippen molar-refractivity contribution in [3.8, 4) is 11.5 Å². The van der Waals surface area contributed by atoms with Gasteiger partial charge in [-0.25, -0.2) is 0 Å². The van der Waals surface area contributed by atoms with Crippen LogP contribution in [0.15, 0.2) is 12.1 Å². The summed E-state index contributed by atoms with van der Waals surface area (Å²) in [6.45, 7) is 0.475. The van der Waals surface area contributed by atoms with Gasteiger partial charge in [0.25, 0.3) is 0 Å². The van der Waals surface area contributed by atoms with E-state index in [1.165, 1.54) is 7.11 Å². The van der Waals surface area contributed by atoms with Gasteiger partial charge in [0.1, 0.15) is 6.04 Å². The third-order valence-corrected chi connectivity index (χ3v) is 2.76. The second-order valence-electron chi connectivity index (χ2n) is 3.77. The van der Waals surface area contributed by atoms with Gasteiger partial charge in [0.15, 0.2) is 11.5 Å². The van der Waals surface area contributed by atoms with Crippen LogP contribution in [-0.2, 0) is 17.8 Å². The van der Waals surface area contributed by atoms with Gasteiger partial charge in [-0.3, -0.25) is 4.79 Å². The van der Waals surface area contributed by atoms with Gasteiger partial charge in [0.05, 0.1) is 7.11 Å². The molecule has 0 fully saturated rings. The van der Waals surface area contributed by atoms with Crippen molar-refractivity contribution < 1.29 is 19.7 Å². The Morgan fingerprint density at radius 2 is 2.25 bits per heavy atom. The number of phenolic OH excluding ortho intramolecular Hbond substituents is 1. The number of ether oxygens (including phenoxy) is 1. The minimum atomic E-state index is -0.874. The largest absolute Gasteiger partial charge is 0.504 e. The maximum Gasteiger partial charge on any atom is 0.321 e. The number of carbonyl (C=O) groups is 1. The molecule has 3 N–H and O–H groups in total. The van der Waals surface area contributed by atoms with Crippen molar-refractivity contribution in [3.05, 3.63) is 23.3 Å². The summed E-state index contributed by atoms with van der Waals surface area (Å²) >= 11 is 0. The quantitative estimate of drug-likeness (QED) is 0.680. The van der Waals surface area contributed by atoms with Crippen molar-refractivity contribution in [1.82, 2.24) is 5.32 Å². The van der Waals surface area contributed by atoms with Crippen molar-refractivity contribution in [1.29, 1.82) is 0 Å². The van der Waals surface area contributed by atoms with Crippen LogP contribution < -0.4 is 10.1 Å². The first-order valence-corrected chi connectivity index (χ1v) is 4.96. The first kappa shape index (κ1) is 10.8. The van der Waals surface area contributed by atoms with Crippen LogP contribution >= 0.6 is 0 Å². The van der Waals surface area contributed by atoms with E-state index in [9.17, 15) is 9.90 Å². The highest BCUT2D eigenvalue weighted by atomic mass is 16.5. The number of fused-ring (bicyclic) bond motifs is 1. The number of hydrogen-bond acceptors (Lipinski definition) is 4. The molecule has 0 amide bonds. The minimum Gasteiger partial charge on any atom is -0.504 e. The zero-order valence-electron chi connectivity index (χ0n) is 8.86. The molecule has 0 aliphatic carbocycles. The van der Waals surface area contributed by atoms with E-state index in [0.29, 0.717) is 18.7 Å². The Kier molecular flexibility index (Phi) is 2.70. The van der Waals surface area contributed by atoms with Crippen molar-refractivity contribution in [3.63, 3.8) is 0 Å². The topological polar surface area (TPSA) is 78.8 Å². The molecule has 2 rings (SSSR count). The molecule has 0 bridgehead atoms. The molecule has 1 atom stereocenters. The second-order valence-corrected chi connectivity index (χ2v) is 3.77. The Labute approximate surface area is 92.7 Å². The fourth-order valence-electron chi connectivity index (χ4n) is 1.87. The number of phenols is 1. The van der Waals surface area contributed by atoms with Gasteiger partial charge in [-0.1, -0.05) is 0 Å². The number of hydrogen-bond donors (Lipinski definition) is 3. The normalized spacial score (nSPS) is 18.9. The third kappa shape index (κ3) is 1.81. The SMILES string of the molecule is COc1cc2c(cc1O)CC(C(=O)O)NC2. The molecule has 1 aliphatic heterocycles. The summed E-state index contributed by atoms with van der Waals surface area (Å²) in [5, 5.41) is 21.4. The predicted octanol–water partition coefficient (Wildman–Crippen LogP) is 0.500. The summed E-state index contributed by atoms with van der Waals surface area (Å²) in [4.78, 5) is 10.8. The van der Waals surface area contributed by atoms with E-state index in [2.05, 4.69) is 5.32 Å². The third-order valence-electron chi connectivity index (χ3n) is 2.76. The van der Waals surface area contributed by atoms with E-state index in [1.807, 2.05) is 0 Å². The molecule has 1 heterocycles. The lowest BCUT2D eigenvalue weighted by Crippen LogP contribution is -2.41. The van der Waals surface area contributed by atoms with Crippen molar-refractivity contribution in [2.75, 3.05) is 7.11 Å². The molecular formula is C11H13NO4. The molecular weight excluding hydrogens is 210 g/mol. The molecule has 1 unspecified atom stereocenters. The number of carboxylic acid groups (broad SMARTS) is 1. The van der Waals surface area contributed by atoms with Gasteiger partial charge < -0.3 is 20.3 Å². The Balaban J connectivity index is 2.33. The van der Waals surface area contributed by atoms with Crippen LogP contribution in [-0.4, -0.2) is 29.3 Å². The molecule has 0 radical (unpaired) electrons. The molecule has 16 heavy (non-hydrogen) atoms. The van der Waals surface area contributed by atoms with Gasteiger partial charge in [-0.2, -0.15) is 0 Å². The lowest BCUT2D eigenvalue weighted by molar-refractivity contribution is -0.139. The maximum absolute atomic E-state index is 10.8. The van der Waals surface area contributed by atoms with E-state index in [1.54, 1.807) is 12.1 Å². The predicted molar refractivity (Wildman–Crippen MR) is 56.6 cm³/mol. The minimum absolute atomic E-state index is 0.0484. The number of rotatable bonds is 2. The van der Waals surface area contributed by atoms with E-state index in [4.69, 9.17) is 9.84 Å². The number of methoxy groups -OCH3 is 1. The fourth-order valence-corrected chi connectivity index (χ4v) is 1.87. The molecule has 5 nitrogen and oxygen atoms in total. The monoisotopic (exact) mass is 223 g/mol. The fraction of sp³-hybridized carbons (Fsp3) is 0.364.